The van der Waals surface area contributed by atoms with Crippen LogP contribution in [0.2, 0.25) is 0 Å². The van der Waals surface area contributed by atoms with E-state index in [1.165, 1.54) is 7.11 Å². The van der Waals surface area contributed by atoms with E-state index < -0.39 is 0 Å². The second kappa shape index (κ2) is 8.29. The van der Waals surface area contributed by atoms with Crippen LogP contribution >= 0.6 is 0 Å². The molecule has 4 nitrogen and oxygen atoms in total. The molecule has 0 spiro atoms. The van der Waals surface area contributed by atoms with E-state index in [0.29, 0.717) is 12.0 Å². The number of Topliss-reactive ketones (excluding diaryl/α,β-unsaturated/α-hetero) is 1. The average Bonchev–Trinajstić information content (AvgIpc) is 2.61. The number of esters is 1. The van der Waals surface area contributed by atoms with Gasteiger partial charge in [-0.2, -0.15) is 0 Å². The summed E-state index contributed by atoms with van der Waals surface area (Å²) in [7, 11) is 1.36. The second-order valence-electron chi connectivity index (χ2n) is 5.84. The Balaban J connectivity index is 2.10. The summed E-state index contributed by atoms with van der Waals surface area (Å²) < 4.78 is 4.79. The molecule has 24 heavy (non-hydrogen) atoms. The van der Waals surface area contributed by atoms with Crippen molar-refractivity contribution in [2.45, 2.75) is 26.2 Å². The largest absolute Gasteiger partial charge is 0.469 e. The fourth-order valence-corrected chi connectivity index (χ4v) is 2.68. The minimum Gasteiger partial charge on any atom is -0.469 e. The molecule has 2 N–H and O–H groups in total. The van der Waals surface area contributed by atoms with E-state index in [2.05, 4.69) is 0 Å². The highest BCUT2D eigenvalue weighted by Gasteiger charge is 2.22. The summed E-state index contributed by atoms with van der Waals surface area (Å²) in [5.74, 6) is -0.726. The molecule has 4 heteroatoms. The molecular formula is C20H23NO3. The van der Waals surface area contributed by atoms with Gasteiger partial charge in [-0.1, -0.05) is 49.7 Å². The van der Waals surface area contributed by atoms with Gasteiger partial charge in [0.05, 0.1) is 13.0 Å². The van der Waals surface area contributed by atoms with Gasteiger partial charge in [-0.15, -0.1) is 0 Å². The Morgan fingerprint density at radius 1 is 1.00 bits per heavy atom. The van der Waals surface area contributed by atoms with Crippen LogP contribution in [0.5, 0.6) is 0 Å². The van der Waals surface area contributed by atoms with Crippen LogP contribution < -0.4 is 5.73 Å². The lowest BCUT2D eigenvalue weighted by Crippen LogP contribution is -2.19. The molecule has 2 aromatic carbocycles. The highest BCUT2D eigenvalue weighted by Crippen LogP contribution is 2.22. The molecule has 1 atom stereocenters. The first-order chi connectivity index (χ1) is 11.5. The number of rotatable bonds is 7. The van der Waals surface area contributed by atoms with E-state index in [0.717, 1.165) is 23.2 Å². The van der Waals surface area contributed by atoms with Gasteiger partial charge in [-0.3, -0.25) is 9.59 Å². The summed E-state index contributed by atoms with van der Waals surface area (Å²) in [4.78, 5) is 24.2. The number of carbonyl (C=O) groups is 2. The highest BCUT2D eigenvalue weighted by atomic mass is 16.5. The van der Waals surface area contributed by atoms with Crippen LogP contribution in [-0.2, 0) is 9.53 Å². The molecule has 0 aliphatic carbocycles. The van der Waals surface area contributed by atoms with Crippen molar-refractivity contribution in [1.29, 1.82) is 0 Å². The lowest BCUT2D eigenvalue weighted by molar-refractivity contribution is -0.145. The molecule has 0 aromatic heterocycles. The molecule has 0 heterocycles. The van der Waals surface area contributed by atoms with E-state index in [1.807, 2.05) is 43.3 Å². The van der Waals surface area contributed by atoms with E-state index >= 15 is 0 Å². The predicted molar refractivity (Wildman–Crippen MR) is 95.7 cm³/mol. The lowest BCUT2D eigenvalue weighted by atomic mass is 9.93. The molecule has 0 aliphatic heterocycles. The molecule has 2 aromatic rings. The maximum absolute atomic E-state index is 12.4. The lowest BCUT2D eigenvalue weighted by Gasteiger charge is -2.13. The van der Waals surface area contributed by atoms with Gasteiger partial charge in [-0.25, -0.2) is 0 Å². The van der Waals surface area contributed by atoms with Crippen molar-refractivity contribution in [3.8, 4) is 11.1 Å². The summed E-state index contributed by atoms with van der Waals surface area (Å²) in [6.45, 7) is 1.99. The zero-order valence-corrected chi connectivity index (χ0v) is 14.1. The number of carbonyl (C=O) groups excluding carboxylic acids is 2. The molecule has 0 radical (unpaired) electrons. The smallest absolute Gasteiger partial charge is 0.309 e. The van der Waals surface area contributed by atoms with Gasteiger partial charge in [0.2, 0.25) is 0 Å². The Morgan fingerprint density at radius 3 is 2.04 bits per heavy atom. The molecule has 126 valence electrons. The third-order valence-corrected chi connectivity index (χ3v) is 4.05. The van der Waals surface area contributed by atoms with Crippen LogP contribution in [-0.4, -0.2) is 18.9 Å². The zero-order chi connectivity index (χ0) is 17.5. The van der Waals surface area contributed by atoms with Crippen molar-refractivity contribution >= 4 is 17.4 Å². The minimum atomic E-state index is -0.371. The quantitative estimate of drug-likeness (QED) is 0.473. The number of methoxy groups -OCH3 is 1. The van der Waals surface area contributed by atoms with Crippen molar-refractivity contribution < 1.29 is 14.3 Å². The monoisotopic (exact) mass is 325 g/mol. The third kappa shape index (κ3) is 4.44. The topological polar surface area (TPSA) is 69.4 Å². The van der Waals surface area contributed by atoms with Crippen LogP contribution in [0.3, 0.4) is 0 Å². The Hall–Kier alpha value is -2.62. The van der Waals surface area contributed by atoms with Crippen molar-refractivity contribution in [2.24, 2.45) is 5.92 Å². The van der Waals surface area contributed by atoms with E-state index in [-0.39, 0.29) is 24.1 Å². The molecule has 0 amide bonds. The number of hydrogen-bond acceptors (Lipinski definition) is 4. The molecule has 0 saturated heterocycles. The number of hydrogen-bond donors (Lipinski definition) is 1. The van der Waals surface area contributed by atoms with E-state index in [9.17, 15) is 9.59 Å². The first kappa shape index (κ1) is 17.7. The summed E-state index contributed by atoms with van der Waals surface area (Å²) >= 11 is 0. The second-order valence-corrected chi connectivity index (χ2v) is 5.84. The summed E-state index contributed by atoms with van der Waals surface area (Å²) in [5.41, 5.74) is 9.08. The number of ether oxygens (including phenoxy) is 1. The number of nitrogens with two attached hydrogens (primary N) is 1. The SMILES string of the molecule is CCC[C@H](CC(=O)c1ccc(-c2ccc(N)cc2)cc1)C(=O)OC. The van der Waals surface area contributed by atoms with E-state index in [1.54, 1.807) is 12.1 Å². The number of ketones is 1. The predicted octanol–water partition coefficient (Wildman–Crippen LogP) is 4.10. The summed E-state index contributed by atoms with van der Waals surface area (Å²) in [6, 6.07) is 15.0. The van der Waals surface area contributed by atoms with Gasteiger partial charge < -0.3 is 10.5 Å². The summed E-state index contributed by atoms with van der Waals surface area (Å²) in [6.07, 6.45) is 1.67. The molecule has 0 aliphatic rings. The number of nitrogen functional groups attached to an aromatic ring is 1. The van der Waals surface area contributed by atoms with Gasteiger partial charge in [0.15, 0.2) is 5.78 Å². The van der Waals surface area contributed by atoms with Crippen molar-refractivity contribution in [3.63, 3.8) is 0 Å². The Bertz CT molecular complexity index is 690. The van der Waals surface area contributed by atoms with Gasteiger partial charge in [0, 0.05) is 17.7 Å². The summed E-state index contributed by atoms with van der Waals surface area (Å²) in [5, 5.41) is 0. The maximum atomic E-state index is 12.4. The molecule has 0 bridgehead atoms. The highest BCUT2D eigenvalue weighted by molar-refractivity contribution is 5.98. The Kier molecular flexibility index (Phi) is 6.13. The minimum absolute atomic E-state index is 0.0392. The normalized spacial score (nSPS) is 11.8. The number of benzene rings is 2. The van der Waals surface area contributed by atoms with Gasteiger partial charge in [-0.05, 0) is 29.7 Å². The van der Waals surface area contributed by atoms with Crippen LogP contribution in [0.4, 0.5) is 5.69 Å². The van der Waals surface area contributed by atoms with Crippen LogP contribution in [0, 0.1) is 5.92 Å². The number of anilines is 1. The molecule has 0 unspecified atom stereocenters. The Labute approximate surface area is 142 Å². The first-order valence-electron chi connectivity index (χ1n) is 8.12. The van der Waals surface area contributed by atoms with Crippen molar-refractivity contribution in [3.05, 3.63) is 54.1 Å². The maximum Gasteiger partial charge on any atom is 0.309 e. The van der Waals surface area contributed by atoms with Gasteiger partial charge in [0.25, 0.3) is 0 Å². The van der Waals surface area contributed by atoms with E-state index in [4.69, 9.17) is 10.5 Å². The van der Waals surface area contributed by atoms with Crippen molar-refractivity contribution in [1.82, 2.24) is 0 Å². The molecule has 0 fully saturated rings. The van der Waals surface area contributed by atoms with Crippen molar-refractivity contribution in [2.75, 3.05) is 12.8 Å². The zero-order valence-electron chi connectivity index (χ0n) is 14.1. The van der Waals surface area contributed by atoms with Gasteiger partial charge >= 0.3 is 5.97 Å². The molecule has 0 saturated carbocycles. The van der Waals surface area contributed by atoms with Gasteiger partial charge in [0.1, 0.15) is 0 Å². The molecule has 2 rings (SSSR count). The fourth-order valence-electron chi connectivity index (χ4n) is 2.68. The average molecular weight is 325 g/mol. The third-order valence-electron chi connectivity index (χ3n) is 4.05. The molecular weight excluding hydrogens is 302 g/mol. The fraction of sp³-hybridized carbons (Fsp3) is 0.300. The first-order valence-corrected chi connectivity index (χ1v) is 8.12. The van der Waals surface area contributed by atoms with Crippen LogP contribution in [0.1, 0.15) is 36.5 Å². The van der Waals surface area contributed by atoms with Crippen LogP contribution in [0.25, 0.3) is 11.1 Å². The standard InChI is InChI=1S/C20H23NO3/c1-3-4-17(20(23)24-2)13-19(22)16-7-5-14(6-8-16)15-9-11-18(21)12-10-15/h5-12,17H,3-4,13,21H2,1-2H3/t17-/m1/s1. The Morgan fingerprint density at radius 2 is 1.54 bits per heavy atom. The van der Waals surface area contributed by atoms with Crippen LogP contribution in [0.15, 0.2) is 48.5 Å².